The van der Waals surface area contributed by atoms with E-state index < -0.39 is 0 Å². The van der Waals surface area contributed by atoms with Gasteiger partial charge in [-0.2, -0.15) is 0 Å². The molecule has 0 N–H and O–H groups in total. The maximum absolute atomic E-state index is 5.80. The van der Waals surface area contributed by atoms with Crippen molar-refractivity contribution in [3.05, 3.63) is 12.2 Å². The molecule has 0 bridgehead atoms. The van der Waals surface area contributed by atoms with E-state index in [1.54, 1.807) is 0 Å². The fraction of sp³-hybridized carbons (Fsp3) is 0.818. The monoisotopic (exact) mass is 182 g/mol. The van der Waals surface area contributed by atoms with Crippen LogP contribution in [0.25, 0.3) is 0 Å². The van der Waals surface area contributed by atoms with Crippen LogP contribution in [0.15, 0.2) is 12.2 Å². The molecule has 2 heterocycles. The smallest absolute Gasteiger partial charge is 0.0870 e. The number of fused-ring (bicyclic) bond motifs is 1. The molecule has 74 valence electrons. The second-order valence-electron chi connectivity index (χ2n) is 3.81. The third-order valence-electron chi connectivity index (χ3n) is 2.76. The number of hydrogen-bond donors (Lipinski definition) is 0. The summed E-state index contributed by atoms with van der Waals surface area (Å²) in [7, 11) is 0. The van der Waals surface area contributed by atoms with Gasteiger partial charge in [-0.25, -0.2) is 0 Å². The van der Waals surface area contributed by atoms with Crippen molar-refractivity contribution in [3.63, 3.8) is 0 Å². The quantitative estimate of drug-likeness (QED) is 0.535. The van der Waals surface area contributed by atoms with E-state index in [9.17, 15) is 0 Å². The fourth-order valence-electron chi connectivity index (χ4n) is 2.01. The lowest BCUT2D eigenvalue weighted by molar-refractivity contribution is -0.103. The first-order valence-corrected chi connectivity index (χ1v) is 5.35. The van der Waals surface area contributed by atoms with Gasteiger partial charge < -0.3 is 9.47 Å². The maximum atomic E-state index is 5.80. The van der Waals surface area contributed by atoms with Crippen molar-refractivity contribution in [2.45, 2.75) is 44.3 Å². The number of rotatable bonds is 0. The molecule has 1 fully saturated rings. The normalized spacial score (nSPS) is 38.2. The van der Waals surface area contributed by atoms with Gasteiger partial charge in [-0.3, -0.25) is 0 Å². The molecule has 2 heteroatoms. The van der Waals surface area contributed by atoms with Gasteiger partial charge in [0, 0.05) is 13.2 Å². The first-order valence-electron chi connectivity index (χ1n) is 5.35. The molecule has 0 aromatic carbocycles. The summed E-state index contributed by atoms with van der Waals surface area (Å²) in [6, 6.07) is 0. The van der Waals surface area contributed by atoms with Crippen molar-refractivity contribution >= 4 is 0 Å². The van der Waals surface area contributed by atoms with Crippen molar-refractivity contribution < 1.29 is 9.47 Å². The highest BCUT2D eigenvalue weighted by Crippen LogP contribution is 2.21. The van der Waals surface area contributed by atoms with E-state index in [1.807, 2.05) is 0 Å². The van der Waals surface area contributed by atoms with Crippen LogP contribution < -0.4 is 0 Å². The van der Waals surface area contributed by atoms with Crippen LogP contribution in [0, 0.1) is 0 Å². The van der Waals surface area contributed by atoms with Gasteiger partial charge in [0.1, 0.15) is 0 Å². The van der Waals surface area contributed by atoms with E-state index in [1.165, 1.54) is 6.42 Å². The lowest BCUT2D eigenvalue weighted by Gasteiger charge is -2.30. The van der Waals surface area contributed by atoms with Gasteiger partial charge in [0.15, 0.2) is 0 Å². The summed E-state index contributed by atoms with van der Waals surface area (Å²) in [6.45, 7) is 1.81. The molecule has 0 radical (unpaired) electrons. The van der Waals surface area contributed by atoms with Crippen LogP contribution in [0.5, 0.6) is 0 Å². The van der Waals surface area contributed by atoms with Gasteiger partial charge in [0.05, 0.1) is 12.2 Å². The van der Waals surface area contributed by atoms with Gasteiger partial charge in [-0.1, -0.05) is 12.2 Å². The van der Waals surface area contributed by atoms with Crippen LogP contribution in [-0.2, 0) is 9.47 Å². The largest absolute Gasteiger partial charge is 0.375 e. The molecule has 0 aromatic heterocycles. The molecule has 2 aliphatic heterocycles. The Labute approximate surface area is 79.9 Å². The zero-order valence-corrected chi connectivity index (χ0v) is 8.08. The van der Waals surface area contributed by atoms with Crippen LogP contribution in [-0.4, -0.2) is 25.4 Å². The summed E-state index contributed by atoms with van der Waals surface area (Å²) in [4.78, 5) is 0. The highest BCUT2D eigenvalue weighted by atomic mass is 16.5. The molecule has 0 spiro atoms. The molecule has 2 rings (SSSR count). The number of ether oxygens (including phenoxy) is 2. The van der Waals surface area contributed by atoms with Crippen molar-refractivity contribution in [2.24, 2.45) is 0 Å². The lowest BCUT2D eigenvalue weighted by atomic mass is 10.0. The topological polar surface area (TPSA) is 18.5 Å². The van der Waals surface area contributed by atoms with E-state index in [2.05, 4.69) is 12.2 Å². The van der Waals surface area contributed by atoms with Gasteiger partial charge in [-0.15, -0.1) is 0 Å². The standard InChI is InChI=1S/C11H18O2/c1-2-4-8-12-11-7-5-9-13-10(11)6-3-1/h1,3,10-11H,2,4-9H2/b3-1-/t10-,11+/m1/s1. The van der Waals surface area contributed by atoms with Gasteiger partial charge >= 0.3 is 0 Å². The molecular weight excluding hydrogens is 164 g/mol. The Bertz CT molecular complexity index is 177. The number of hydrogen-bond acceptors (Lipinski definition) is 2. The second-order valence-corrected chi connectivity index (χ2v) is 3.81. The summed E-state index contributed by atoms with van der Waals surface area (Å²) < 4.78 is 11.5. The zero-order chi connectivity index (χ0) is 8.93. The Balaban J connectivity index is 1.94. The first kappa shape index (κ1) is 9.22. The fourth-order valence-corrected chi connectivity index (χ4v) is 2.01. The minimum absolute atomic E-state index is 0.322. The highest BCUT2D eigenvalue weighted by Gasteiger charge is 2.25. The minimum Gasteiger partial charge on any atom is -0.375 e. The third-order valence-corrected chi connectivity index (χ3v) is 2.76. The predicted molar refractivity (Wildman–Crippen MR) is 51.7 cm³/mol. The Hall–Kier alpha value is -0.340. The molecule has 0 saturated carbocycles. The van der Waals surface area contributed by atoms with Crippen molar-refractivity contribution in [1.29, 1.82) is 0 Å². The SMILES string of the molecule is C1=C\C[C@H]2OCCC[C@@H]2OCCC/1. The molecule has 1 saturated heterocycles. The van der Waals surface area contributed by atoms with Gasteiger partial charge in [0.25, 0.3) is 0 Å². The average molecular weight is 182 g/mol. The molecule has 13 heavy (non-hydrogen) atoms. The van der Waals surface area contributed by atoms with Crippen molar-refractivity contribution in [2.75, 3.05) is 13.2 Å². The zero-order valence-electron chi connectivity index (χ0n) is 8.08. The van der Waals surface area contributed by atoms with Crippen LogP contribution >= 0.6 is 0 Å². The summed E-state index contributed by atoms with van der Waals surface area (Å²) in [5.74, 6) is 0. The summed E-state index contributed by atoms with van der Waals surface area (Å²) in [6.07, 6.45) is 10.9. The predicted octanol–water partition coefficient (Wildman–Crippen LogP) is 2.29. The maximum Gasteiger partial charge on any atom is 0.0870 e. The van der Waals surface area contributed by atoms with Crippen LogP contribution in [0.2, 0.25) is 0 Å². The van der Waals surface area contributed by atoms with E-state index >= 15 is 0 Å². The lowest BCUT2D eigenvalue weighted by Crippen LogP contribution is -2.35. The second kappa shape index (κ2) is 4.77. The van der Waals surface area contributed by atoms with Gasteiger partial charge in [-0.05, 0) is 32.1 Å². The van der Waals surface area contributed by atoms with Crippen molar-refractivity contribution in [3.8, 4) is 0 Å². The molecule has 0 unspecified atom stereocenters. The first-order chi connectivity index (χ1) is 6.47. The van der Waals surface area contributed by atoms with E-state index in [4.69, 9.17) is 9.47 Å². The third kappa shape index (κ3) is 2.55. The highest BCUT2D eigenvalue weighted by molar-refractivity contribution is 4.89. The molecule has 2 atom stereocenters. The molecule has 0 aromatic rings. The van der Waals surface area contributed by atoms with E-state index in [-0.39, 0.29) is 0 Å². The molecule has 2 aliphatic rings. The number of allylic oxidation sites excluding steroid dienone is 1. The average Bonchev–Trinajstić information content (AvgIpc) is 2.28. The van der Waals surface area contributed by atoms with Crippen molar-refractivity contribution in [1.82, 2.24) is 0 Å². The Morgan fingerprint density at radius 3 is 2.77 bits per heavy atom. The van der Waals surface area contributed by atoms with E-state index in [0.29, 0.717) is 12.2 Å². The van der Waals surface area contributed by atoms with Gasteiger partial charge in [0.2, 0.25) is 0 Å². The molecule has 0 aliphatic carbocycles. The minimum atomic E-state index is 0.322. The Kier molecular flexibility index (Phi) is 3.39. The van der Waals surface area contributed by atoms with E-state index in [0.717, 1.165) is 38.9 Å². The molecule has 2 nitrogen and oxygen atoms in total. The Morgan fingerprint density at radius 1 is 0.923 bits per heavy atom. The molecular formula is C11H18O2. The van der Waals surface area contributed by atoms with Crippen LogP contribution in [0.4, 0.5) is 0 Å². The summed E-state index contributed by atoms with van der Waals surface area (Å²) >= 11 is 0. The summed E-state index contributed by atoms with van der Waals surface area (Å²) in [5, 5.41) is 0. The van der Waals surface area contributed by atoms with Crippen LogP contribution in [0.3, 0.4) is 0 Å². The summed E-state index contributed by atoms with van der Waals surface area (Å²) in [5.41, 5.74) is 0. The Morgan fingerprint density at radius 2 is 1.77 bits per heavy atom. The van der Waals surface area contributed by atoms with Crippen LogP contribution in [0.1, 0.15) is 32.1 Å². The molecule has 0 amide bonds.